The average molecular weight is 543 g/mol. The van der Waals surface area contributed by atoms with E-state index in [9.17, 15) is 14.7 Å². The summed E-state index contributed by atoms with van der Waals surface area (Å²) in [7, 11) is 0. The molecule has 1 fully saturated rings. The predicted molar refractivity (Wildman–Crippen MR) is 154 cm³/mol. The van der Waals surface area contributed by atoms with Gasteiger partial charge >= 0.3 is 5.91 Å². The molecule has 1 saturated heterocycles. The summed E-state index contributed by atoms with van der Waals surface area (Å²) in [5, 5.41) is 11.8. The number of amides is 1. The van der Waals surface area contributed by atoms with Gasteiger partial charge in [-0.05, 0) is 86.3 Å². The van der Waals surface area contributed by atoms with Crippen LogP contribution in [0.15, 0.2) is 66.2 Å². The molecule has 0 aliphatic carbocycles. The Kier molecular flexibility index (Phi) is 7.39. The number of aliphatic hydroxyl groups excluding tert-OH is 1. The summed E-state index contributed by atoms with van der Waals surface area (Å²) < 4.78 is 12.3. The molecule has 1 atom stereocenters. The van der Waals surface area contributed by atoms with E-state index in [1.165, 1.54) is 16.2 Å². The number of aryl methyl sites for hydroxylation is 2. The molecule has 1 amide bonds. The van der Waals surface area contributed by atoms with E-state index in [4.69, 9.17) is 14.5 Å². The van der Waals surface area contributed by atoms with Gasteiger partial charge in [-0.25, -0.2) is 4.98 Å². The van der Waals surface area contributed by atoms with Gasteiger partial charge in [-0.3, -0.25) is 14.5 Å². The second-order valence-electron chi connectivity index (χ2n) is 9.47. The summed E-state index contributed by atoms with van der Waals surface area (Å²) in [6.07, 6.45) is 0.838. The van der Waals surface area contributed by atoms with E-state index < -0.39 is 17.7 Å². The lowest BCUT2D eigenvalue weighted by Gasteiger charge is -2.23. The van der Waals surface area contributed by atoms with Crippen LogP contribution < -0.4 is 14.4 Å². The average Bonchev–Trinajstić information content (AvgIpc) is 3.46. The second kappa shape index (κ2) is 10.9. The van der Waals surface area contributed by atoms with Crippen LogP contribution in [0.4, 0.5) is 5.13 Å². The molecule has 2 heterocycles. The molecule has 0 spiro atoms. The molecule has 39 heavy (non-hydrogen) atoms. The summed E-state index contributed by atoms with van der Waals surface area (Å²) in [5.41, 5.74) is 3.92. The van der Waals surface area contributed by atoms with E-state index in [0.29, 0.717) is 41.0 Å². The Morgan fingerprint density at radius 3 is 2.49 bits per heavy atom. The SMILES string of the molecule is CCCOc1cccc(C2/C(=C(\O)c3ccc(OCC)cc3)C(=O)C(=O)N2c2nc3c(C)cc(C)cc3s2)c1. The minimum atomic E-state index is -0.885. The zero-order chi connectivity index (χ0) is 27.7. The standard InChI is InChI=1S/C31H30N2O5S/c1-5-14-38-23-9-7-8-21(17-23)27-25(28(34)20-10-12-22(13-11-20)37-6-2)29(35)30(36)33(27)31-32-26-19(4)15-18(3)16-24(26)39-31/h7-13,15-17,27,34H,5-6,14H2,1-4H3/b28-25+. The number of thiazole rings is 1. The highest BCUT2D eigenvalue weighted by atomic mass is 32.1. The molecular weight excluding hydrogens is 512 g/mol. The molecule has 1 aliphatic rings. The lowest BCUT2D eigenvalue weighted by atomic mass is 9.95. The number of hydrogen-bond donors (Lipinski definition) is 1. The minimum absolute atomic E-state index is 0.00367. The number of ether oxygens (including phenoxy) is 2. The number of aromatic nitrogens is 1. The van der Waals surface area contributed by atoms with E-state index in [1.807, 2.05) is 64.1 Å². The van der Waals surface area contributed by atoms with Crippen molar-refractivity contribution in [3.05, 3.63) is 88.5 Å². The first-order valence-electron chi connectivity index (χ1n) is 13.0. The molecule has 0 bridgehead atoms. The molecule has 8 heteroatoms. The monoisotopic (exact) mass is 542 g/mol. The Balaban J connectivity index is 1.69. The van der Waals surface area contributed by atoms with Crippen molar-refractivity contribution in [3.8, 4) is 11.5 Å². The third-order valence-electron chi connectivity index (χ3n) is 6.55. The molecule has 5 rings (SSSR count). The van der Waals surface area contributed by atoms with E-state index >= 15 is 0 Å². The van der Waals surface area contributed by atoms with Crippen LogP contribution >= 0.6 is 11.3 Å². The fourth-order valence-electron chi connectivity index (χ4n) is 4.83. The zero-order valence-electron chi connectivity index (χ0n) is 22.4. The highest BCUT2D eigenvalue weighted by Gasteiger charge is 2.48. The molecule has 0 saturated carbocycles. The first-order valence-corrected chi connectivity index (χ1v) is 13.8. The van der Waals surface area contributed by atoms with Crippen molar-refractivity contribution >= 4 is 44.1 Å². The second-order valence-corrected chi connectivity index (χ2v) is 10.5. The largest absolute Gasteiger partial charge is 0.507 e. The normalized spacial score (nSPS) is 16.7. The molecule has 200 valence electrons. The van der Waals surface area contributed by atoms with Gasteiger partial charge in [-0.2, -0.15) is 0 Å². The lowest BCUT2D eigenvalue weighted by molar-refractivity contribution is -0.132. The summed E-state index contributed by atoms with van der Waals surface area (Å²) in [4.78, 5) is 33.4. The summed E-state index contributed by atoms with van der Waals surface area (Å²) in [5.74, 6) is -0.486. The van der Waals surface area contributed by atoms with Crippen LogP contribution in [-0.2, 0) is 9.59 Å². The van der Waals surface area contributed by atoms with Crippen molar-refractivity contribution in [3.63, 3.8) is 0 Å². The molecule has 1 aromatic heterocycles. The molecule has 1 unspecified atom stereocenters. The van der Waals surface area contributed by atoms with Gasteiger partial charge in [-0.15, -0.1) is 0 Å². The Bertz CT molecular complexity index is 1590. The van der Waals surface area contributed by atoms with Crippen LogP contribution in [0.25, 0.3) is 16.0 Å². The number of rotatable bonds is 8. The van der Waals surface area contributed by atoms with Gasteiger partial charge in [0, 0.05) is 5.56 Å². The van der Waals surface area contributed by atoms with Crippen LogP contribution in [0.1, 0.15) is 48.6 Å². The van der Waals surface area contributed by atoms with E-state index in [-0.39, 0.29) is 11.3 Å². The number of hydrogen-bond acceptors (Lipinski definition) is 7. The van der Waals surface area contributed by atoms with Gasteiger partial charge in [0.1, 0.15) is 17.3 Å². The number of Topliss-reactive ketones (excluding diaryl/α,β-unsaturated/α-hetero) is 1. The van der Waals surface area contributed by atoms with Gasteiger partial charge in [0.05, 0.1) is 35.0 Å². The van der Waals surface area contributed by atoms with Crippen LogP contribution in [0.5, 0.6) is 11.5 Å². The van der Waals surface area contributed by atoms with Gasteiger partial charge in [0.15, 0.2) is 5.13 Å². The number of carbonyl (C=O) groups is 2. The maximum atomic E-state index is 13.6. The molecule has 0 radical (unpaired) electrons. The van der Waals surface area contributed by atoms with Crippen molar-refractivity contribution in [1.29, 1.82) is 0 Å². The molecular formula is C31H30N2O5S. The Hall–Kier alpha value is -4.17. The minimum Gasteiger partial charge on any atom is -0.507 e. The van der Waals surface area contributed by atoms with Crippen LogP contribution in [0.3, 0.4) is 0 Å². The van der Waals surface area contributed by atoms with Crippen LogP contribution in [-0.4, -0.2) is 35.0 Å². The first-order chi connectivity index (χ1) is 18.8. The van der Waals surface area contributed by atoms with Crippen molar-refractivity contribution in [2.45, 2.75) is 40.2 Å². The molecule has 1 N–H and O–H groups in total. The third kappa shape index (κ3) is 5.00. The smallest absolute Gasteiger partial charge is 0.301 e. The summed E-state index contributed by atoms with van der Waals surface area (Å²) >= 11 is 1.35. The summed E-state index contributed by atoms with van der Waals surface area (Å²) in [6.45, 7) is 8.94. The quantitative estimate of drug-likeness (QED) is 0.151. The van der Waals surface area contributed by atoms with Gasteiger partial charge in [-0.1, -0.05) is 36.5 Å². The predicted octanol–water partition coefficient (Wildman–Crippen LogP) is 6.73. The Morgan fingerprint density at radius 1 is 1.00 bits per heavy atom. The van der Waals surface area contributed by atoms with Gasteiger partial charge in [0.25, 0.3) is 5.78 Å². The number of nitrogens with zero attached hydrogens (tertiary/aromatic N) is 2. The fourth-order valence-corrected chi connectivity index (χ4v) is 6.00. The van der Waals surface area contributed by atoms with Crippen molar-refractivity contribution in [2.75, 3.05) is 18.1 Å². The van der Waals surface area contributed by atoms with Crippen LogP contribution in [0, 0.1) is 13.8 Å². The molecule has 7 nitrogen and oxygen atoms in total. The van der Waals surface area contributed by atoms with Gasteiger partial charge in [0.2, 0.25) is 0 Å². The van der Waals surface area contributed by atoms with E-state index in [2.05, 4.69) is 0 Å². The number of aliphatic hydroxyl groups is 1. The topological polar surface area (TPSA) is 89.0 Å². The highest BCUT2D eigenvalue weighted by Crippen LogP contribution is 2.45. The van der Waals surface area contributed by atoms with Crippen molar-refractivity contribution in [2.24, 2.45) is 0 Å². The number of benzene rings is 3. The number of ketones is 1. The number of anilines is 1. The Morgan fingerprint density at radius 2 is 1.77 bits per heavy atom. The fraction of sp³-hybridized carbons (Fsp3) is 0.258. The first kappa shape index (κ1) is 26.4. The maximum Gasteiger partial charge on any atom is 0.301 e. The molecule has 1 aliphatic heterocycles. The third-order valence-corrected chi connectivity index (χ3v) is 7.56. The number of fused-ring (bicyclic) bond motifs is 1. The maximum absolute atomic E-state index is 13.6. The number of carbonyl (C=O) groups excluding carboxylic acids is 2. The van der Waals surface area contributed by atoms with E-state index in [0.717, 1.165) is 27.8 Å². The van der Waals surface area contributed by atoms with E-state index in [1.54, 1.807) is 24.3 Å². The van der Waals surface area contributed by atoms with Crippen LogP contribution in [0.2, 0.25) is 0 Å². The van der Waals surface area contributed by atoms with Crippen molar-refractivity contribution in [1.82, 2.24) is 4.98 Å². The van der Waals surface area contributed by atoms with Gasteiger partial charge < -0.3 is 14.6 Å². The highest BCUT2D eigenvalue weighted by molar-refractivity contribution is 7.22. The molecule has 3 aromatic carbocycles. The molecule has 4 aromatic rings. The summed E-state index contributed by atoms with van der Waals surface area (Å²) in [6, 6.07) is 17.3. The van der Waals surface area contributed by atoms with Crippen molar-refractivity contribution < 1.29 is 24.2 Å². The lowest BCUT2D eigenvalue weighted by Crippen LogP contribution is -2.29. The zero-order valence-corrected chi connectivity index (χ0v) is 23.2. The Labute approximate surface area is 231 Å².